The van der Waals surface area contributed by atoms with Gasteiger partial charge in [0.05, 0.1) is 18.1 Å². The van der Waals surface area contributed by atoms with Crippen LogP contribution in [0.1, 0.15) is 44.9 Å². The van der Waals surface area contributed by atoms with Crippen LogP contribution in [0.2, 0.25) is 0 Å². The van der Waals surface area contributed by atoms with Gasteiger partial charge >= 0.3 is 6.01 Å². The first-order chi connectivity index (χ1) is 19.5. The minimum Gasteiger partial charge on any atom is -0.508 e. The van der Waals surface area contributed by atoms with E-state index in [0.29, 0.717) is 42.5 Å². The molecule has 3 aliphatic rings. The molecule has 3 N–H and O–H groups in total. The van der Waals surface area contributed by atoms with Gasteiger partial charge in [0.1, 0.15) is 22.8 Å². The number of nitrogens with zero attached hydrogens (tertiary/aromatic N) is 4. The van der Waals surface area contributed by atoms with Crippen molar-refractivity contribution in [2.24, 2.45) is 5.41 Å². The maximum atomic E-state index is 16.5. The standard InChI is InChI=1S/C31H34FN5O3/c32-26-27(23-15-21(39)14-19-6-1-2-8-22(19)23)34-16-24-28(26)35-30(36-29(24)37-13-4-7-20(38)17-37)40-18-31-10-3-9-25(31)33-12-5-11-31/h1-2,6,8,14-16,20,25,33,38-39H,3-5,7,9-13,17-18H2. The maximum absolute atomic E-state index is 16.5. The van der Waals surface area contributed by atoms with Crippen LogP contribution in [0.25, 0.3) is 32.9 Å². The molecule has 1 aliphatic carbocycles. The molecule has 2 aromatic heterocycles. The first-order valence-corrected chi connectivity index (χ1v) is 14.4. The van der Waals surface area contributed by atoms with Crippen molar-refractivity contribution in [3.8, 4) is 23.0 Å². The Bertz CT molecular complexity index is 1580. The lowest BCUT2D eigenvalue weighted by Crippen LogP contribution is -2.49. The molecule has 0 spiro atoms. The Morgan fingerprint density at radius 2 is 1.95 bits per heavy atom. The summed E-state index contributed by atoms with van der Waals surface area (Å²) in [4.78, 5) is 15.9. The highest BCUT2D eigenvalue weighted by Gasteiger charge is 2.45. The van der Waals surface area contributed by atoms with Crippen molar-refractivity contribution in [3.05, 3.63) is 48.4 Å². The molecule has 0 radical (unpaired) electrons. The number of aliphatic hydroxyl groups excluding tert-OH is 1. The van der Waals surface area contributed by atoms with E-state index in [9.17, 15) is 10.2 Å². The van der Waals surface area contributed by atoms with Crippen molar-refractivity contribution in [2.75, 3.05) is 31.1 Å². The summed E-state index contributed by atoms with van der Waals surface area (Å²) in [7, 11) is 0. The molecule has 40 heavy (non-hydrogen) atoms. The van der Waals surface area contributed by atoms with E-state index in [4.69, 9.17) is 9.72 Å². The van der Waals surface area contributed by atoms with E-state index >= 15 is 4.39 Å². The van der Waals surface area contributed by atoms with Crippen LogP contribution in [0.5, 0.6) is 11.8 Å². The van der Waals surface area contributed by atoms with Crippen LogP contribution < -0.4 is 15.0 Å². The average Bonchev–Trinajstić information content (AvgIpc) is 3.40. The third-order valence-electron chi connectivity index (χ3n) is 9.08. The highest BCUT2D eigenvalue weighted by atomic mass is 19.1. The monoisotopic (exact) mass is 543 g/mol. The number of rotatable bonds is 5. The molecule has 3 fully saturated rings. The van der Waals surface area contributed by atoms with Gasteiger partial charge in [-0.1, -0.05) is 30.7 Å². The Morgan fingerprint density at radius 1 is 1.07 bits per heavy atom. The molecule has 8 nitrogen and oxygen atoms in total. The third-order valence-corrected chi connectivity index (χ3v) is 9.08. The van der Waals surface area contributed by atoms with E-state index < -0.39 is 11.9 Å². The quantitative estimate of drug-likeness (QED) is 0.325. The Hall–Kier alpha value is -3.56. The molecule has 0 bridgehead atoms. The molecule has 3 atom stereocenters. The fourth-order valence-corrected chi connectivity index (χ4v) is 7.08. The van der Waals surface area contributed by atoms with Crippen LogP contribution in [0, 0.1) is 11.2 Å². The number of nitrogens with one attached hydrogen (secondary N) is 1. The molecule has 4 heterocycles. The molecule has 7 rings (SSSR count). The molecule has 4 aromatic rings. The number of phenols is 1. The number of aromatic nitrogens is 3. The van der Waals surface area contributed by atoms with E-state index in [1.165, 1.54) is 6.07 Å². The van der Waals surface area contributed by atoms with Gasteiger partial charge in [-0.05, 0) is 68.0 Å². The van der Waals surface area contributed by atoms with Gasteiger partial charge in [0.2, 0.25) is 0 Å². The normalized spacial score (nSPS) is 24.9. The molecular weight excluding hydrogens is 509 g/mol. The van der Waals surface area contributed by atoms with Gasteiger partial charge in [-0.15, -0.1) is 0 Å². The van der Waals surface area contributed by atoms with E-state index in [2.05, 4.69) is 15.3 Å². The largest absolute Gasteiger partial charge is 0.508 e. The highest BCUT2D eigenvalue weighted by Crippen LogP contribution is 2.45. The minimum atomic E-state index is -0.587. The summed E-state index contributed by atoms with van der Waals surface area (Å²) in [6.07, 6.45) is 8.25. The number of ether oxygens (including phenoxy) is 1. The second-order valence-corrected chi connectivity index (χ2v) is 11.6. The number of piperidine rings is 2. The Kier molecular flexibility index (Phi) is 6.43. The van der Waals surface area contributed by atoms with Crippen LogP contribution >= 0.6 is 0 Å². The maximum Gasteiger partial charge on any atom is 0.319 e. The van der Waals surface area contributed by atoms with E-state index in [-0.39, 0.29) is 28.4 Å². The lowest BCUT2D eigenvalue weighted by atomic mass is 9.76. The number of aromatic hydroxyl groups is 1. The van der Waals surface area contributed by atoms with Gasteiger partial charge in [0, 0.05) is 36.3 Å². The SMILES string of the molecule is Oc1cc(-c2ncc3c(N4CCCC(O)C4)nc(OCC45CCCNC4CCC5)nc3c2F)c2ccccc2c1. The van der Waals surface area contributed by atoms with Gasteiger partial charge in [-0.2, -0.15) is 9.97 Å². The number of halogens is 1. The lowest BCUT2D eigenvalue weighted by Gasteiger charge is -2.39. The predicted octanol–water partition coefficient (Wildman–Crippen LogP) is 4.95. The summed E-state index contributed by atoms with van der Waals surface area (Å²) in [5.41, 5.74) is 0.770. The third kappa shape index (κ3) is 4.41. The predicted molar refractivity (Wildman–Crippen MR) is 152 cm³/mol. The van der Waals surface area contributed by atoms with Crippen molar-refractivity contribution < 1.29 is 19.3 Å². The van der Waals surface area contributed by atoms with Crippen molar-refractivity contribution >= 4 is 27.5 Å². The lowest BCUT2D eigenvalue weighted by molar-refractivity contribution is 0.0798. The number of β-amino-alcohol motifs (C(OH)–C–C–N with tert-alkyl or cyclic N) is 1. The summed E-state index contributed by atoms with van der Waals surface area (Å²) >= 11 is 0. The van der Waals surface area contributed by atoms with E-state index in [1.54, 1.807) is 12.3 Å². The van der Waals surface area contributed by atoms with Gasteiger partial charge < -0.3 is 25.2 Å². The molecular formula is C31H34FN5O3. The summed E-state index contributed by atoms with van der Waals surface area (Å²) in [6.45, 7) is 2.61. The van der Waals surface area contributed by atoms with Crippen LogP contribution in [0.3, 0.4) is 0 Å². The van der Waals surface area contributed by atoms with Crippen LogP contribution in [0.15, 0.2) is 42.6 Å². The molecule has 2 aromatic carbocycles. The van der Waals surface area contributed by atoms with Crippen molar-refractivity contribution in [1.29, 1.82) is 0 Å². The summed E-state index contributed by atoms with van der Waals surface area (Å²) < 4.78 is 22.8. The number of anilines is 1. The number of hydrogen-bond acceptors (Lipinski definition) is 8. The Labute approximate surface area is 232 Å². The number of benzene rings is 2. The summed E-state index contributed by atoms with van der Waals surface area (Å²) in [5.74, 6) is -0.0218. The van der Waals surface area contributed by atoms with E-state index in [0.717, 1.165) is 62.3 Å². The average molecular weight is 544 g/mol. The Balaban J connectivity index is 1.34. The minimum absolute atomic E-state index is 0.0381. The number of aliphatic hydroxyl groups is 1. The van der Waals surface area contributed by atoms with Gasteiger partial charge in [0.25, 0.3) is 0 Å². The highest BCUT2D eigenvalue weighted by molar-refractivity contribution is 5.99. The number of hydrogen-bond donors (Lipinski definition) is 3. The van der Waals surface area contributed by atoms with Crippen molar-refractivity contribution in [3.63, 3.8) is 0 Å². The van der Waals surface area contributed by atoms with Gasteiger partial charge in [-0.3, -0.25) is 4.98 Å². The van der Waals surface area contributed by atoms with Gasteiger partial charge in [0.15, 0.2) is 5.82 Å². The molecule has 2 saturated heterocycles. The van der Waals surface area contributed by atoms with Crippen LogP contribution in [-0.2, 0) is 0 Å². The van der Waals surface area contributed by atoms with Crippen molar-refractivity contribution in [1.82, 2.24) is 20.3 Å². The second kappa shape index (κ2) is 10.1. The second-order valence-electron chi connectivity index (χ2n) is 11.6. The van der Waals surface area contributed by atoms with Crippen LogP contribution in [-0.4, -0.2) is 63.6 Å². The first-order valence-electron chi connectivity index (χ1n) is 14.4. The molecule has 0 amide bonds. The van der Waals surface area contributed by atoms with Crippen LogP contribution in [0.4, 0.5) is 10.2 Å². The fourth-order valence-electron chi connectivity index (χ4n) is 7.08. The Morgan fingerprint density at radius 3 is 2.85 bits per heavy atom. The fraction of sp³-hybridized carbons (Fsp3) is 0.452. The topological polar surface area (TPSA) is 104 Å². The van der Waals surface area contributed by atoms with Crippen molar-refractivity contribution in [2.45, 2.75) is 57.1 Å². The number of phenolic OH excluding ortho intramolecular Hbond substituents is 1. The van der Waals surface area contributed by atoms with E-state index in [1.807, 2.05) is 29.2 Å². The zero-order valence-corrected chi connectivity index (χ0v) is 22.4. The molecule has 9 heteroatoms. The molecule has 3 unspecified atom stereocenters. The molecule has 208 valence electrons. The number of fused-ring (bicyclic) bond motifs is 3. The molecule has 2 aliphatic heterocycles. The zero-order valence-electron chi connectivity index (χ0n) is 22.4. The molecule has 1 saturated carbocycles. The van der Waals surface area contributed by atoms with Gasteiger partial charge in [-0.25, -0.2) is 4.39 Å². The summed E-state index contributed by atoms with van der Waals surface area (Å²) in [5, 5.41) is 26.5. The zero-order chi connectivity index (χ0) is 27.3. The first kappa shape index (κ1) is 25.4. The number of pyridine rings is 1. The summed E-state index contributed by atoms with van der Waals surface area (Å²) in [6, 6.07) is 11.3. The smallest absolute Gasteiger partial charge is 0.319 e.